The number of hydrogen-bond donors (Lipinski definition) is 1. The van der Waals surface area contributed by atoms with Crippen LogP contribution in [0.2, 0.25) is 5.02 Å². The molecule has 3 heteroatoms. The molecule has 0 radical (unpaired) electrons. The average molecular weight is 270 g/mol. The third kappa shape index (κ3) is 4.25. The molecular weight excluding hydrogens is 249 g/mol. The molecule has 1 aromatic carbocycles. The van der Waals surface area contributed by atoms with Gasteiger partial charge in [-0.1, -0.05) is 49.8 Å². The van der Waals surface area contributed by atoms with Crippen LogP contribution >= 0.6 is 11.6 Å². The molecule has 0 spiro atoms. The zero-order valence-corrected chi connectivity index (χ0v) is 11.5. The van der Waals surface area contributed by atoms with Gasteiger partial charge in [0.25, 0.3) is 0 Å². The minimum atomic E-state index is -0.269. The molecule has 0 bridgehead atoms. The number of benzene rings is 1. The first kappa shape index (κ1) is 13.8. The highest BCUT2D eigenvalue weighted by Gasteiger charge is 2.11. The van der Waals surface area contributed by atoms with E-state index in [1.165, 1.54) is 57.1 Å². The van der Waals surface area contributed by atoms with Gasteiger partial charge in [-0.2, -0.15) is 0 Å². The first-order valence-corrected chi connectivity index (χ1v) is 7.31. The highest BCUT2D eigenvalue weighted by atomic mass is 35.5. The van der Waals surface area contributed by atoms with E-state index in [0.29, 0.717) is 11.1 Å². The van der Waals surface area contributed by atoms with Gasteiger partial charge < -0.3 is 5.32 Å². The molecule has 0 heterocycles. The lowest BCUT2D eigenvalue weighted by molar-refractivity contribution is 0.389. The summed E-state index contributed by atoms with van der Waals surface area (Å²) in [6.45, 7) is 0.740. The maximum Gasteiger partial charge on any atom is 0.124 e. The molecule has 1 nitrogen and oxygen atoms in total. The van der Waals surface area contributed by atoms with Crippen LogP contribution in [0.1, 0.15) is 50.5 Å². The number of nitrogens with one attached hydrogen (secondary N) is 1. The van der Waals surface area contributed by atoms with Gasteiger partial charge in [0.05, 0.1) is 0 Å². The van der Waals surface area contributed by atoms with Crippen LogP contribution in [0.5, 0.6) is 0 Å². The molecule has 18 heavy (non-hydrogen) atoms. The van der Waals surface area contributed by atoms with E-state index < -0.39 is 0 Å². The summed E-state index contributed by atoms with van der Waals surface area (Å²) in [6.07, 6.45) is 9.22. The van der Waals surface area contributed by atoms with Crippen molar-refractivity contribution in [3.8, 4) is 0 Å². The van der Waals surface area contributed by atoms with Crippen molar-refractivity contribution in [2.75, 3.05) is 0 Å². The predicted octanol–water partition coefficient (Wildman–Crippen LogP) is 4.68. The smallest absolute Gasteiger partial charge is 0.124 e. The molecule has 0 aromatic heterocycles. The van der Waals surface area contributed by atoms with Gasteiger partial charge in [-0.15, -0.1) is 0 Å². The van der Waals surface area contributed by atoms with Gasteiger partial charge in [-0.05, 0) is 30.5 Å². The third-order valence-electron chi connectivity index (χ3n) is 3.70. The number of rotatable bonds is 3. The molecule has 1 fully saturated rings. The minimum absolute atomic E-state index is 0.269. The van der Waals surface area contributed by atoms with Crippen LogP contribution in [0.4, 0.5) is 4.39 Å². The van der Waals surface area contributed by atoms with Crippen molar-refractivity contribution in [3.63, 3.8) is 0 Å². The van der Waals surface area contributed by atoms with Crippen molar-refractivity contribution in [2.24, 2.45) is 0 Å². The lowest BCUT2D eigenvalue weighted by Gasteiger charge is -2.21. The summed E-state index contributed by atoms with van der Waals surface area (Å²) in [5.41, 5.74) is 0.986. The van der Waals surface area contributed by atoms with Crippen LogP contribution in [0, 0.1) is 5.82 Å². The fraction of sp³-hybridized carbons (Fsp3) is 0.600. The zero-order chi connectivity index (χ0) is 12.8. The minimum Gasteiger partial charge on any atom is -0.310 e. The van der Waals surface area contributed by atoms with Crippen LogP contribution < -0.4 is 5.32 Å². The molecule has 0 aliphatic heterocycles. The second-order valence-corrected chi connectivity index (χ2v) is 5.57. The Labute approximate surface area is 114 Å². The summed E-state index contributed by atoms with van der Waals surface area (Å²) in [4.78, 5) is 0. The van der Waals surface area contributed by atoms with Gasteiger partial charge in [-0.3, -0.25) is 0 Å². The van der Waals surface area contributed by atoms with E-state index in [-0.39, 0.29) is 5.82 Å². The molecule has 1 N–H and O–H groups in total. The Morgan fingerprint density at radius 3 is 2.44 bits per heavy atom. The Morgan fingerprint density at radius 2 is 1.78 bits per heavy atom. The second-order valence-electron chi connectivity index (χ2n) is 5.16. The molecule has 0 atom stereocenters. The van der Waals surface area contributed by atoms with Crippen molar-refractivity contribution >= 4 is 11.6 Å². The van der Waals surface area contributed by atoms with Crippen molar-refractivity contribution in [1.29, 1.82) is 0 Å². The fourth-order valence-corrected chi connectivity index (χ4v) is 2.81. The first-order valence-electron chi connectivity index (χ1n) is 6.93. The Hall–Kier alpha value is -0.600. The summed E-state index contributed by atoms with van der Waals surface area (Å²) < 4.78 is 12.9. The van der Waals surface area contributed by atoms with Crippen LogP contribution in [-0.4, -0.2) is 6.04 Å². The summed E-state index contributed by atoms with van der Waals surface area (Å²) in [6, 6.07) is 5.22. The normalized spacial score (nSPS) is 18.3. The van der Waals surface area contributed by atoms with E-state index in [9.17, 15) is 4.39 Å². The number of halogens is 2. The topological polar surface area (TPSA) is 12.0 Å². The van der Waals surface area contributed by atoms with Crippen molar-refractivity contribution < 1.29 is 4.39 Å². The summed E-state index contributed by atoms with van der Waals surface area (Å²) in [5.74, 6) is -0.269. The second kappa shape index (κ2) is 7.10. The monoisotopic (exact) mass is 269 g/mol. The van der Waals surface area contributed by atoms with E-state index >= 15 is 0 Å². The molecule has 0 amide bonds. The highest BCUT2D eigenvalue weighted by Crippen LogP contribution is 2.20. The predicted molar refractivity (Wildman–Crippen MR) is 74.4 cm³/mol. The van der Waals surface area contributed by atoms with Crippen molar-refractivity contribution in [3.05, 3.63) is 34.6 Å². The maximum atomic E-state index is 12.9. The van der Waals surface area contributed by atoms with Gasteiger partial charge in [-0.25, -0.2) is 4.39 Å². The lowest BCUT2D eigenvalue weighted by Crippen LogP contribution is -2.29. The van der Waals surface area contributed by atoms with E-state index in [2.05, 4.69) is 5.32 Å². The molecule has 0 unspecified atom stereocenters. The fourth-order valence-electron chi connectivity index (χ4n) is 2.58. The van der Waals surface area contributed by atoms with Crippen LogP contribution in [-0.2, 0) is 6.54 Å². The Bertz CT molecular complexity index is 373. The summed E-state index contributed by atoms with van der Waals surface area (Å²) in [5, 5.41) is 4.08. The lowest BCUT2D eigenvalue weighted by atomic mass is 9.96. The van der Waals surface area contributed by atoms with Crippen molar-refractivity contribution in [2.45, 2.75) is 57.5 Å². The third-order valence-corrected chi connectivity index (χ3v) is 4.05. The quantitative estimate of drug-likeness (QED) is 0.840. The summed E-state index contributed by atoms with van der Waals surface area (Å²) in [7, 11) is 0. The van der Waals surface area contributed by atoms with Gasteiger partial charge in [0.2, 0.25) is 0 Å². The molecule has 1 aliphatic carbocycles. The molecule has 100 valence electrons. The molecule has 1 aromatic rings. The Balaban J connectivity index is 1.85. The maximum absolute atomic E-state index is 12.9. The van der Waals surface area contributed by atoms with Crippen LogP contribution in [0.15, 0.2) is 18.2 Å². The molecule has 0 saturated heterocycles. The highest BCUT2D eigenvalue weighted by molar-refractivity contribution is 6.31. The molecule has 1 saturated carbocycles. The van der Waals surface area contributed by atoms with Gasteiger partial charge >= 0.3 is 0 Å². The molecular formula is C15H21ClFN. The Kier molecular flexibility index (Phi) is 5.45. The van der Waals surface area contributed by atoms with Crippen LogP contribution in [0.3, 0.4) is 0 Å². The molecule has 2 rings (SSSR count). The number of hydrogen-bond acceptors (Lipinski definition) is 1. The Morgan fingerprint density at radius 1 is 1.11 bits per heavy atom. The first-order chi connectivity index (χ1) is 8.75. The summed E-state index contributed by atoms with van der Waals surface area (Å²) >= 11 is 6.03. The standard InChI is InChI=1S/C15H21ClFN/c16-15-10-13(17)9-8-12(15)11-18-14-6-4-2-1-3-5-7-14/h8-10,14,18H,1-7,11H2. The van der Waals surface area contributed by atoms with E-state index in [4.69, 9.17) is 11.6 Å². The van der Waals surface area contributed by atoms with Gasteiger partial charge in [0, 0.05) is 17.6 Å². The average Bonchev–Trinajstić information content (AvgIpc) is 2.29. The van der Waals surface area contributed by atoms with E-state index in [1.807, 2.05) is 0 Å². The largest absolute Gasteiger partial charge is 0.310 e. The van der Waals surface area contributed by atoms with Crippen molar-refractivity contribution in [1.82, 2.24) is 5.32 Å². The van der Waals surface area contributed by atoms with E-state index in [1.54, 1.807) is 6.07 Å². The van der Waals surface area contributed by atoms with Gasteiger partial charge in [0.15, 0.2) is 0 Å². The van der Waals surface area contributed by atoms with E-state index in [0.717, 1.165) is 12.1 Å². The van der Waals surface area contributed by atoms with Gasteiger partial charge in [0.1, 0.15) is 5.82 Å². The zero-order valence-electron chi connectivity index (χ0n) is 10.7. The molecule has 1 aliphatic rings. The van der Waals surface area contributed by atoms with Crippen LogP contribution in [0.25, 0.3) is 0 Å². The SMILES string of the molecule is Fc1ccc(CNC2CCCCCCC2)c(Cl)c1.